The number of aryl methyl sites for hydroxylation is 1. The van der Waals surface area contributed by atoms with E-state index in [2.05, 4.69) is 11.1 Å². The van der Waals surface area contributed by atoms with Gasteiger partial charge < -0.3 is 9.72 Å². The van der Waals surface area contributed by atoms with Gasteiger partial charge in [0, 0.05) is 27.5 Å². The molecule has 26 heavy (non-hydrogen) atoms. The third-order valence-electron chi connectivity index (χ3n) is 4.50. The van der Waals surface area contributed by atoms with Crippen molar-refractivity contribution in [1.29, 1.82) is 5.26 Å². The highest BCUT2D eigenvalue weighted by Crippen LogP contribution is 2.39. The molecule has 0 radical (unpaired) electrons. The molecule has 132 valence electrons. The molecule has 0 aliphatic carbocycles. The summed E-state index contributed by atoms with van der Waals surface area (Å²) in [7, 11) is 0. The van der Waals surface area contributed by atoms with Crippen molar-refractivity contribution in [3.63, 3.8) is 0 Å². The summed E-state index contributed by atoms with van der Waals surface area (Å²) in [5.74, 6) is -1.92. The van der Waals surface area contributed by atoms with Crippen LogP contribution in [0.1, 0.15) is 29.7 Å². The standard InChI is InChI=1S/C21H19ClN2O2/c1-3-26-21(25)17(12-23)20(14-8-10-15(22)11-9-14)19-13(2)24-18-7-5-4-6-16(18)19/h4-11,17,20,24H,3H2,1-2H3. The van der Waals surface area contributed by atoms with Gasteiger partial charge in [-0.05, 0) is 43.2 Å². The highest BCUT2D eigenvalue weighted by Gasteiger charge is 2.35. The van der Waals surface area contributed by atoms with Gasteiger partial charge >= 0.3 is 5.97 Å². The van der Waals surface area contributed by atoms with Crippen LogP contribution in [-0.2, 0) is 9.53 Å². The number of carbonyl (C=O) groups excluding carboxylic acids is 1. The van der Waals surface area contributed by atoms with Crippen LogP contribution in [0.25, 0.3) is 10.9 Å². The number of nitrogens with one attached hydrogen (secondary N) is 1. The van der Waals surface area contributed by atoms with Gasteiger partial charge in [-0.2, -0.15) is 5.26 Å². The van der Waals surface area contributed by atoms with Crippen LogP contribution in [0.3, 0.4) is 0 Å². The van der Waals surface area contributed by atoms with Crippen LogP contribution < -0.4 is 0 Å². The first-order chi connectivity index (χ1) is 12.6. The second kappa shape index (κ2) is 7.63. The van der Waals surface area contributed by atoms with Gasteiger partial charge in [-0.1, -0.05) is 41.9 Å². The largest absolute Gasteiger partial charge is 0.465 e. The molecule has 3 rings (SSSR count). The molecular formula is C21H19ClN2O2. The average molecular weight is 367 g/mol. The van der Waals surface area contributed by atoms with Gasteiger partial charge in [0.15, 0.2) is 5.92 Å². The number of nitrogens with zero attached hydrogens (tertiary/aromatic N) is 1. The smallest absolute Gasteiger partial charge is 0.324 e. The number of aromatic nitrogens is 1. The van der Waals surface area contributed by atoms with Crippen LogP contribution in [0.4, 0.5) is 0 Å². The van der Waals surface area contributed by atoms with Gasteiger partial charge in [0.1, 0.15) is 0 Å². The van der Waals surface area contributed by atoms with Crippen LogP contribution in [-0.4, -0.2) is 17.6 Å². The number of esters is 1. The van der Waals surface area contributed by atoms with E-state index in [0.717, 1.165) is 27.7 Å². The molecule has 1 aromatic heterocycles. The molecule has 1 heterocycles. The number of ether oxygens (including phenoxy) is 1. The molecule has 0 amide bonds. The second-order valence-electron chi connectivity index (χ2n) is 6.10. The zero-order chi connectivity index (χ0) is 18.7. The Morgan fingerprint density at radius 3 is 2.58 bits per heavy atom. The fourth-order valence-corrected chi connectivity index (χ4v) is 3.52. The number of carbonyl (C=O) groups is 1. The summed E-state index contributed by atoms with van der Waals surface area (Å²) >= 11 is 6.03. The summed E-state index contributed by atoms with van der Waals surface area (Å²) < 4.78 is 5.17. The van der Waals surface area contributed by atoms with Crippen LogP contribution >= 0.6 is 11.6 Å². The molecule has 5 heteroatoms. The molecule has 2 aromatic carbocycles. The average Bonchev–Trinajstić information content (AvgIpc) is 2.96. The lowest BCUT2D eigenvalue weighted by Gasteiger charge is -2.22. The van der Waals surface area contributed by atoms with E-state index in [1.807, 2.05) is 43.3 Å². The van der Waals surface area contributed by atoms with Crippen molar-refractivity contribution < 1.29 is 9.53 Å². The number of hydrogen-bond acceptors (Lipinski definition) is 3. The van der Waals surface area contributed by atoms with Gasteiger partial charge in [-0.15, -0.1) is 0 Å². The van der Waals surface area contributed by atoms with E-state index in [9.17, 15) is 10.1 Å². The predicted octanol–water partition coefficient (Wildman–Crippen LogP) is 4.96. The van der Waals surface area contributed by atoms with Gasteiger partial charge in [0.25, 0.3) is 0 Å². The Kier molecular flexibility index (Phi) is 5.29. The Morgan fingerprint density at radius 2 is 1.92 bits per heavy atom. The molecule has 0 aliphatic rings. The van der Waals surface area contributed by atoms with Crippen molar-refractivity contribution in [2.75, 3.05) is 6.61 Å². The number of H-pyrrole nitrogens is 1. The number of benzene rings is 2. The number of halogens is 1. The van der Waals surface area contributed by atoms with Gasteiger partial charge in [-0.3, -0.25) is 4.79 Å². The molecule has 0 saturated carbocycles. The number of fused-ring (bicyclic) bond motifs is 1. The number of aromatic amines is 1. The Balaban J connectivity index is 2.23. The maximum Gasteiger partial charge on any atom is 0.324 e. The maximum absolute atomic E-state index is 12.5. The van der Waals surface area contributed by atoms with Crippen molar-refractivity contribution in [3.05, 3.63) is 70.4 Å². The Labute approximate surface area is 157 Å². The first-order valence-electron chi connectivity index (χ1n) is 8.45. The van der Waals surface area contributed by atoms with Crippen molar-refractivity contribution in [2.24, 2.45) is 5.92 Å². The van der Waals surface area contributed by atoms with Crippen molar-refractivity contribution >= 4 is 28.5 Å². The highest BCUT2D eigenvalue weighted by molar-refractivity contribution is 6.30. The van der Waals surface area contributed by atoms with E-state index in [1.54, 1.807) is 19.1 Å². The molecule has 0 aliphatic heterocycles. The maximum atomic E-state index is 12.5. The zero-order valence-electron chi connectivity index (χ0n) is 14.6. The Morgan fingerprint density at radius 1 is 1.23 bits per heavy atom. The first kappa shape index (κ1) is 18.0. The molecule has 0 spiro atoms. The van der Waals surface area contributed by atoms with Crippen molar-refractivity contribution in [2.45, 2.75) is 19.8 Å². The van der Waals surface area contributed by atoms with Gasteiger partial charge in [0.2, 0.25) is 0 Å². The minimum Gasteiger partial charge on any atom is -0.465 e. The van der Waals surface area contributed by atoms with Crippen molar-refractivity contribution in [3.8, 4) is 6.07 Å². The third kappa shape index (κ3) is 3.31. The fraction of sp³-hybridized carbons (Fsp3) is 0.238. The predicted molar refractivity (Wildman–Crippen MR) is 102 cm³/mol. The van der Waals surface area contributed by atoms with Crippen LogP contribution in [0.2, 0.25) is 5.02 Å². The minimum atomic E-state index is -0.950. The summed E-state index contributed by atoms with van der Waals surface area (Å²) in [6, 6.07) is 17.3. The molecule has 4 nitrogen and oxygen atoms in total. The zero-order valence-corrected chi connectivity index (χ0v) is 15.4. The molecule has 0 fully saturated rings. The molecule has 0 saturated heterocycles. The first-order valence-corrected chi connectivity index (χ1v) is 8.83. The normalized spacial score (nSPS) is 13.2. The summed E-state index contributed by atoms with van der Waals surface area (Å²) in [4.78, 5) is 15.9. The number of nitriles is 1. The second-order valence-corrected chi connectivity index (χ2v) is 6.53. The van der Waals surface area contributed by atoms with Crippen LogP contribution in [0.15, 0.2) is 48.5 Å². The summed E-state index contributed by atoms with van der Waals surface area (Å²) in [5.41, 5.74) is 3.68. The highest BCUT2D eigenvalue weighted by atomic mass is 35.5. The Hall–Kier alpha value is -2.77. The minimum absolute atomic E-state index is 0.233. The van der Waals surface area contributed by atoms with Gasteiger partial charge in [-0.25, -0.2) is 0 Å². The lowest BCUT2D eigenvalue weighted by molar-refractivity contribution is -0.146. The summed E-state index contributed by atoms with van der Waals surface area (Å²) in [6.07, 6.45) is 0. The quantitative estimate of drug-likeness (QED) is 0.648. The lowest BCUT2D eigenvalue weighted by Crippen LogP contribution is -2.24. The van der Waals surface area contributed by atoms with E-state index in [1.165, 1.54) is 0 Å². The molecule has 3 aromatic rings. The fourth-order valence-electron chi connectivity index (χ4n) is 3.39. The van der Waals surface area contributed by atoms with Crippen LogP contribution in [0, 0.1) is 24.2 Å². The SMILES string of the molecule is CCOC(=O)C(C#N)C(c1ccc(Cl)cc1)c1c(C)[nH]c2ccccc12. The third-order valence-corrected chi connectivity index (χ3v) is 4.75. The monoisotopic (exact) mass is 366 g/mol. The van der Waals surface area contributed by atoms with E-state index in [-0.39, 0.29) is 6.61 Å². The van der Waals surface area contributed by atoms with E-state index in [0.29, 0.717) is 5.02 Å². The van der Waals surface area contributed by atoms with Gasteiger partial charge in [0.05, 0.1) is 12.7 Å². The van der Waals surface area contributed by atoms with Crippen LogP contribution in [0.5, 0.6) is 0 Å². The van der Waals surface area contributed by atoms with Crippen molar-refractivity contribution in [1.82, 2.24) is 4.98 Å². The van der Waals surface area contributed by atoms with E-state index in [4.69, 9.17) is 16.3 Å². The Bertz CT molecular complexity index is 970. The molecular weight excluding hydrogens is 348 g/mol. The molecule has 2 atom stereocenters. The summed E-state index contributed by atoms with van der Waals surface area (Å²) in [6.45, 7) is 3.93. The number of hydrogen-bond donors (Lipinski definition) is 1. The topological polar surface area (TPSA) is 65.9 Å². The van der Waals surface area contributed by atoms with E-state index >= 15 is 0 Å². The molecule has 0 bridgehead atoms. The van der Waals surface area contributed by atoms with E-state index < -0.39 is 17.8 Å². The molecule has 2 unspecified atom stereocenters. The number of para-hydroxylation sites is 1. The summed E-state index contributed by atoms with van der Waals surface area (Å²) in [5, 5.41) is 11.4. The molecule has 1 N–H and O–H groups in total. The number of rotatable bonds is 5. The lowest BCUT2D eigenvalue weighted by atomic mass is 9.80.